The van der Waals surface area contributed by atoms with E-state index in [9.17, 15) is 0 Å². The quantitative estimate of drug-likeness (QED) is 0.535. The SMILES string of the molecule is CCOCCCCC(C(C)C)C(C)C. The van der Waals surface area contributed by atoms with Crippen LogP contribution in [-0.4, -0.2) is 13.2 Å². The molecule has 0 heterocycles. The number of hydrogen-bond donors (Lipinski definition) is 0. The minimum atomic E-state index is 0.821. The molecule has 0 atom stereocenters. The van der Waals surface area contributed by atoms with Gasteiger partial charge in [-0.2, -0.15) is 0 Å². The van der Waals surface area contributed by atoms with Crippen molar-refractivity contribution < 1.29 is 4.74 Å². The molecule has 14 heavy (non-hydrogen) atoms. The van der Waals surface area contributed by atoms with Gasteiger partial charge in [0.1, 0.15) is 0 Å². The Balaban J connectivity index is 3.52. The van der Waals surface area contributed by atoms with Gasteiger partial charge in [0, 0.05) is 13.2 Å². The summed E-state index contributed by atoms with van der Waals surface area (Å²) in [5.74, 6) is 2.53. The molecule has 0 radical (unpaired) electrons. The van der Waals surface area contributed by atoms with Crippen molar-refractivity contribution in [2.45, 2.75) is 53.9 Å². The van der Waals surface area contributed by atoms with Crippen molar-refractivity contribution in [2.75, 3.05) is 13.2 Å². The Hall–Kier alpha value is -0.0400. The topological polar surface area (TPSA) is 9.23 Å². The molecule has 0 bridgehead atoms. The van der Waals surface area contributed by atoms with E-state index in [0.717, 1.165) is 31.0 Å². The summed E-state index contributed by atoms with van der Waals surface area (Å²) in [4.78, 5) is 0. The van der Waals surface area contributed by atoms with Gasteiger partial charge in [0.15, 0.2) is 0 Å². The van der Waals surface area contributed by atoms with E-state index in [1.165, 1.54) is 19.3 Å². The lowest BCUT2D eigenvalue weighted by Gasteiger charge is -2.24. The van der Waals surface area contributed by atoms with Crippen molar-refractivity contribution in [1.82, 2.24) is 0 Å². The third-order valence-electron chi connectivity index (χ3n) is 2.99. The summed E-state index contributed by atoms with van der Waals surface area (Å²) in [6.45, 7) is 13.2. The molecule has 1 nitrogen and oxygen atoms in total. The Kier molecular flexibility index (Phi) is 8.26. The first kappa shape index (κ1) is 14.0. The Morgan fingerprint density at radius 1 is 0.929 bits per heavy atom. The first-order chi connectivity index (χ1) is 6.59. The molecule has 0 aromatic rings. The summed E-state index contributed by atoms with van der Waals surface area (Å²) < 4.78 is 5.34. The van der Waals surface area contributed by atoms with Crippen LogP contribution in [0.2, 0.25) is 0 Å². The molecule has 0 aromatic heterocycles. The molecule has 86 valence electrons. The van der Waals surface area contributed by atoms with Crippen molar-refractivity contribution in [3.63, 3.8) is 0 Å². The van der Waals surface area contributed by atoms with E-state index in [1.54, 1.807) is 0 Å². The third kappa shape index (κ3) is 6.42. The fourth-order valence-corrected chi connectivity index (χ4v) is 2.16. The molecule has 0 spiro atoms. The van der Waals surface area contributed by atoms with Gasteiger partial charge in [-0.05, 0) is 37.5 Å². The highest BCUT2D eigenvalue weighted by molar-refractivity contribution is 4.66. The molecule has 1 heteroatoms. The fraction of sp³-hybridized carbons (Fsp3) is 1.00. The second-order valence-corrected chi connectivity index (χ2v) is 4.84. The first-order valence-corrected chi connectivity index (χ1v) is 6.17. The summed E-state index contributed by atoms with van der Waals surface area (Å²) in [6, 6.07) is 0. The fourth-order valence-electron chi connectivity index (χ4n) is 2.16. The van der Waals surface area contributed by atoms with Gasteiger partial charge < -0.3 is 4.74 Å². The van der Waals surface area contributed by atoms with Gasteiger partial charge >= 0.3 is 0 Å². The van der Waals surface area contributed by atoms with Crippen LogP contribution in [0.1, 0.15) is 53.9 Å². The lowest BCUT2D eigenvalue weighted by molar-refractivity contribution is 0.139. The maximum atomic E-state index is 5.34. The molecule has 0 aliphatic carbocycles. The van der Waals surface area contributed by atoms with Crippen LogP contribution < -0.4 is 0 Å². The molecule has 0 aromatic carbocycles. The van der Waals surface area contributed by atoms with E-state index in [4.69, 9.17) is 4.74 Å². The maximum Gasteiger partial charge on any atom is 0.0465 e. The molecule has 0 fully saturated rings. The zero-order chi connectivity index (χ0) is 11.0. The van der Waals surface area contributed by atoms with Gasteiger partial charge in [0.25, 0.3) is 0 Å². The highest BCUT2D eigenvalue weighted by Crippen LogP contribution is 2.25. The summed E-state index contributed by atoms with van der Waals surface area (Å²) in [5, 5.41) is 0. The van der Waals surface area contributed by atoms with Gasteiger partial charge in [0.05, 0.1) is 0 Å². The second kappa shape index (κ2) is 8.28. The minimum Gasteiger partial charge on any atom is -0.382 e. The predicted octanol–water partition coefficient (Wildman–Crippen LogP) is 4.12. The molecular weight excluding hydrogens is 172 g/mol. The molecule has 0 amide bonds. The summed E-state index contributed by atoms with van der Waals surface area (Å²) >= 11 is 0. The zero-order valence-electron chi connectivity index (χ0n) is 10.7. The van der Waals surface area contributed by atoms with Crippen LogP contribution in [0.3, 0.4) is 0 Å². The van der Waals surface area contributed by atoms with Crippen molar-refractivity contribution in [3.8, 4) is 0 Å². The molecule has 0 unspecified atom stereocenters. The van der Waals surface area contributed by atoms with Crippen molar-refractivity contribution in [1.29, 1.82) is 0 Å². The van der Waals surface area contributed by atoms with E-state index in [2.05, 4.69) is 34.6 Å². The van der Waals surface area contributed by atoms with Crippen molar-refractivity contribution in [2.24, 2.45) is 17.8 Å². The monoisotopic (exact) mass is 200 g/mol. The standard InChI is InChI=1S/C13H28O/c1-6-14-10-8-7-9-13(11(2)3)12(4)5/h11-13H,6-10H2,1-5H3. The summed E-state index contributed by atoms with van der Waals surface area (Å²) in [6.07, 6.45) is 3.91. The van der Waals surface area contributed by atoms with Crippen LogP contribution in [-0.2, 0) is 4.74 Å². The van der Waals surface area contributed by atoms with Gasteiger partial charge in [-0.1, -0.05) is 34.1 Å². The smallest absolute Gasteiger partial charge is 0.0465 e. The first-order valence-electron chi connectivity index (χ1n) is 6.17. The van der Waals surface area contributed by atoms with Gasteiger partial charge in [-0.15, -0.1) is 0 Å². The Bertz CT molecular complexity index is 110. The summed E-state index contributed by atoms with van der Waals surface area (Å²) in [5.41, 5.74) is 0. The lowest BCUT2D eigenvalue weighted by Crippen LogP contribution is -2.15. The van der Waals surface area contributed by atoms with Crippen LogP contribution in [0.5, 0.6) is 0 Å². The van der Waals surface area contributed by atoms with Crippen molar-refractivity contribution >= 4 is 0 Å². The molecular formula is C13H28O. The van der Waals surface area contributed by atoms with E-state index in [-0.39, 0.29) is 0 Å². The Labute approximate surface area is 90.2 Å². The molecule has 0 saturated carbocycles. The van der Waals surface area contributed by atoms with Crippen molar-refractivity contribution in [3.05, 3.63) is 0 Å². The van der Waals surface area contributed by atoms with Gasteiger partial charge in [-0.3, -0.25) is 0 Å². The van der Waals surface area contributed by atoms with E-state index < -0.39 is 0 Å². The molecule has 0 N–H and O–H groups in total. The number of hydrogen-bond acceptors (Lipinski definition) is 1. The van der Waals surface area contributed by atoms with Crippen LogP contribution >= 0.6 is 0 Å². The highest BCUT2D eigenvalue weighted by atomic mass is 16.5. The van der Waals surface area contributed by atoms with Gasteiger partial charge in [-0.25, -0.2) is 0 Å². The average molecular weight is 200 g/mol. The van der Waals surface area contributed by atoms with Crippen LogP contribution in [0.15, 0.2) is 0 Å². The van der Waals surface area contributed by atoms with E-state index in [0.29, 0.717) is 0 Å². The highest BCUT2D eigenvalue weighted by Gasteiger charge is 2.16. The zero-order valence-corrected chi connectivity index (χ0v) is 10.7. The van der Waals surface area contributed by atoms with Gasteiger partial charge in [0.2, 0.25) is 0 Å². The Morgan fingerprint density at radius 2 is 1.50 bits per heavy atom. The second-order valence-electron chi connectivity index (χ2n) is 4.84. The molecule has 0 aliphatic rings. The number of unbranched alkanes of at least 4 members (excludes halogenated alkanes) is 1. The molecule has 0 saturated heterocycles. The summed E-state index contributed by atoms with van der Waals surface area (Å²) in [7, 11) is 0. The number of ether oxygens (including phenoxy) is 1. The number of rotatable bonds is 8. The Morgan fingerprint density at radius 3 is 1.93 bits per heavy atom. The van der Waals surface area contributed by atoms with Crippen LogP contribution in [0.25, 0.3) is 0 Å². The lowest BCUT2D eigenvalue weighted by atomic mass is 9.82. The van der Waals surface area contributed by atoms with E-state index >= 15 is 0 Å². The normalized spacial score (nSPS) is 12.0. The molecule has 0 rings (SSSR count). The maximum absolute atomic E-state index is 5.34. The third-order valence-corrected chi connectivity index (χ3v) is 2.99. The molecule has 0 aliphatic heterocycles. The average Bonchev–Trinajstić information content (AvgIpc) is 2.09. The van der Waals surface area contributed by atoms with Crippen LogP contribution in [0.4, 0.5) is 0 Å². The van der Waals surface area contributed by atoms with E-state index in [1.807, 2.05) is 0 Å². The predicted molar refractivity (Wildman–Crippen MR) is 63.5 cm³/mol. The van der Waals surface area contributed by atoms with Crippen LogP contribution in [0, 0.1) is 17.8 Å². The largest absolute Gasteiger partial charge is 0.382 e. The minimum absolute atomic E-state index is 0.821.